The molecular weight excluding hydrogens is 582 g/mol. The van der Waals surface area contributed by atoms with Crippen LogP contribution in [0.25, 0.3) is 0 Å². The Balaban J connectivity index is 0.000000745. The van der Waals surface area contributed by atoms with Gasteiger partial charge in [0.1, 0.15) is 12.4 Å². The summed E-state index contributed by atoms with van der Waals surface area (Å²) in [6, 6.07) is 6.76. The Morgan fingerprint density at radius 2 is 1.73 bits per heavy atom. The normalized spacial score (nSPS) is 13.7. The molecule has 0 atom stereocenters. The number of anilines is 2. The van der Waals surface area contributed by atoms with Gasteiger partial charge < -0.3 is 14.2 Å². The number of nitrogens with one attached hydrogen (secondary N) is 1. The van der Waals surface area contributed by atoms with Gasteiger partial charge in [0.2, 0.25) is 5.60 Å². The number of ether oxygens (including phenoxy) is 3. The predicted octanol–water partition coefficient (Wildman–Crippen LogP) is 7.13. The third-order valence-corrected chi connectivity index (χ3v) is 7.36. The fourth-order valence-corrected chi connectivity index (χ4v) is 4.72. The number of carbonyl (C=O) groups is 1. The second kappa shape index (κ2) is 12.9. The lowest BCUT2D eigenvalue weighted by Gasteiger charge is -2.31. The van der Waals surface area contributed by atoms with Crippen LogP contribution in [-0.2, 0) is 25.7 Å². The lowest BCUT2D eigenvalue weighted by Crippen LogP contribution is -2.44. The van der Waals surface area contributed by atoms with E-state index in [-0.39, 0.29) is 30.3 Å². The minimum Gasteiger partial charge on any atom is -0.499 e. The van der Waals surface area contributed by atoms with Gasteiger partial charge in [0.05, 0.1) is 35.1 Å². The number of hydrogen-bond acceptors (Lipinski definition) is 6. The van der Waals surface area contributed by atoms with Crippen LogP contribution in [0.3, 0.4) is 0 Å². The maximum absolute atomic E-state index is 13.1. The molecule has 15 heteroatoms. The van der Waals surface area contributed by atoms with Gasteiger partial charge in [-0.3, -0.25) is 9.62 Å². The van der Waals surface area contributed by atoms with Crippen molar-refractivity contribution in [3.8, 4) is 5.75 Å². The molecule has 8 nitrogen and oxygen atoms in total. The van der Waals surface area contributed by atoms with Gasteiger partial charge >= 0.3 is 18.4 Å². The molecule has 0 aliphatic carbocycles. The highest BCUT2D eigenvalue weighted by molar-refractivity contribution is 7.92. The molecule has 0 saturated carbocycles. The number of alkyl halides is 6. The molecule has 0 bridgehead atoms. The van der Waals surface area contributed by atoms with E-state index < -0.39 is 44.5 Å². The van der Waals surface area contributed by atoms with Crippen LogP contribution in [0, 0.1) is 0 Å². The molecule has 2 aromatic carbocycles. The van der Waals surface area contributed by atoms with E-state index in [4.69, 9.17) is 9.47 Å². The van der Waals surface area contributed by atoms with Gasteiger partial charge in [-0.25, -0.2) is 13.2 Å². The number of sulfonamides is 1. The number of fused-ring (bicyclic) bond motifs is 1. The first kappa shape index (κ1) is 33.6. The summed E-state index contributed by atoms with van der Waals surface area (Å²) in [5.41, 5.74) is -4.21. The maximum Gasteiger partial charge on any atom is 0.427 e. The topological polar surface area (TPSA) is 94.2 Å². The molecule has 0 unspecified atom stereocenters. The second-order valence-corrected chi connectivity index (χ2v) is 10.8. The summed E-state index contributed by atoms with van der Waals surface area (Å²) in [5, 5.41) is 2.07. The van der Waals surface area contributed by atoms with Gasteiger partial charge in [-0.2, -0.15) is 26.3 Å². The molecule has 1 aliphatic rings. The van der Waals surface area contributed by atoms with Gasteiger partial charge in [-0.05, 0) is 57.2 Å². The van der Waals surface area contributed by atoms with Crippen LogP contribution in [0.1, 0.15) is 39.7 Å². The van der Waals surface area contributed by atoms with Crippen molar-refractivity contribution < 1.29 is 53.8 Å². The van der Waals surface area contributed by atoms with Gasteiger partial charge in [0, 0.05) is 12.1 Å². The monoisotopic (exact) mass is 612 g/mol. The van der Waals surface area contributed by atoms with Gasteiger partial charge in [-0.15, -0.1) is 0 Å². The highest BCUT2D eigenvalue weighted by Gasteiger charge is 2.51. The molecule has 1 amide bonds. The van der Waals surface area contributed by atoms with Crippen LogP contribution < -0.4 is 14.4 Å². The van der Waals surface area contributed by atoms with E-state index in [0.29, 0.717) is 19.9 Å². The zero-order valence-electron chi connectivity index (χ0n) is 22.6. The summed E-state index contributed by atoms with van der Waals surface area (Å²) in [7, 11) is -4.49. The van der Waals surface area contributed by atoms with Crippen LogP contribution in [0.5, 0.6) is 5.75 Å². The molecule has 0 fully saturated rings. The molecule has 0 radical (unpaired) electrons. The molecule has 3 rings (SSSR count). The van der Waals surface area contributed by atoms with E-state index in [1.54, 1.807) is 0 Å². The zero-order chi connectivity index (χ0) is 31.2. The number of hydrogen-bond donors (Lipinski definition) is 1. The van der Waals surface area contributed by atoms with Crippen molar-refractivity contribution in [1.82, 2.24) is 0 Å². The van der Waals surface area contributed by atoms with Crippen LogP contribution in [0.4, 0.5) is 42.5 Å². The predicted molar refractivity (Wildman–Crippen MR) is 139 cm³/mol. The number of nitrogens with zero attached hydrogens (tertiary/aromatic N) is 1. The van der Waals surface area contributed by atoms with Crippen LogP contribution in [-0.4, -0.2) is 46.0 Å². The Morgan fingerprint density at radius 3 is 2.27 bits per heavy atom. The van der Waals surface area contributed by atoms with Gasteiger partial charge in [0.15, 0.2) is 0 Å². The minimum atomic E-state index is -4.84. The van der Waals surface area contributed by atoms with E-state index in [9.17, 15) is 39.6 Å². The van der Waals surface area contributed by atoms with Crippen molar-refractivity contribution in [1.29, 1.82) is 0 Å². The van der Waals surface area contributed by atoms with Crippen molar-refractivity contribution in [2.75, 3.05) is 29.4 Å². The summed E-state index contributed by atoms with van der Waals surface area (Å²) in [4.78, 5) is 11.3. The number of rotatable bonds is 7. The fraction of sp³-hybridized carbons (Fsp3) is 0.423. The molecule has 1 heterocycles. The Kier molecular flexibility index (Phi) is 10.6. The molecule has 0 saturated heterocycles. The van der Waals surface area contributed by atoms with Crippen LogP contribution in [0.15, 0.2) is 59.7 Å². The zero-order valence-corrected chi connectivity index (χ0v) is 23.5. The fourth-order valence-electron chi connectivity index (χ4n) is 3.22. The number of carbonyl (C=O) groups excluding carboxylic acids is 1. The standard InChI is InChI=1S/C20H18F6N2O5S.C6H12O/c1-18(2,20(24,25)26)33-17(29)27-13-6-7-16-15(11-13)28(8-9-32-16)34(30,31)14-5-3-4-12(10-14)19(21,22)23;1-4-6(3)7-5-2/h3-7,10-11H,8-9H2,1-2H3,(H,27,29);3-5H2,1-2H3. The lowest BCUT2D eigenvalue weighted by molar-refractivity contribution is -0.242. The second-order valence-electron chi connectivity index (χ2n) is 8.98. The average Bonchev–Trinajstić information content (AvgIpc) is 2.87. The highest BCUT2D eigenvalue weighted by Crippen LogP contribution is 2.39. The molecule has 1 aliphatic heterocycles. The van der Waals surface area contributed by atoms with Crippen LogP contribution >= 0.6 is 0 Å². The molecular formula is C26H30F6N2O6S. The minimum absolute atomic E-state index is 0.0383. The molecule has 228 valence electrons. The molecule has 41 heavy (non-hydrogen) atoms. The third kappa shape index (κ3) is 8.68. The van der Waals surface area contributed by atoms with Gasteiger partial charge in [0.25, 0.3) is 10.0 Å². The summed E-state index contributed by atoms with van der Waals surface area (Å²) in [5.74, 6) is 0.916. The van der Waals surface area contributed by atoms with Crippen molar-refractivity contribution in [2.45, 2.75) is 57.0 Å². The first-order chi connectivity index (χ1) is 18.8. The van der Waals surface area contributed by atoms with Crippen LogP contribution in [0.2, 0.25) is 0 Å². The SMILES string of the molecule is C=C(CC)OCC.CC(C)(OC(=O)Nc1ccc2c(c1)N(S(=O)(=O)c1cccc(C(F)(F)F)c1)CCO2)C(F)(F)F. The number of halogens is 6. The highest BCUT2D eigenvalue weighted by atomic mass is 32.2. The lowest BCUT2D eigenvalue weighted by atomic mass is 10.1. The molecule has 0 spiro atoms. The number of amides is 1. The summed E-state index contributed by atoms with van der Waals surface area (Å²) in [6.07, 6.45) is -10.1. The third-order valence-electron chi connectivity index (χ3n) is 5.55. The Hall–Kier alpha value is -3.62. The molecule has 1 N–H and O–H groups in total. The maximum atomic E-state index is 13.1. The van der Waals surface area contributed by atoms with E-state index in [2.05, 4.69) is 16.6 Å². The molecule has 0 aromatic heterocycles. The van der Waals surface area contributed by atoms with Crippen molar-refractivity contribution in [3.63, 3.8) is 0 Å². The van der Waals surface area contributed by atoms with Crippen molar-refractivity contribution in [2.24, 2.45) is 0 Å². The Bertz CT molecular complexity index is 1340. The van der Waals surface area contributed by atoms with Crippen molar-refractivity contribution in [3.05, 3.63) is 60.4 Å². The van der Waals surface area contributed by atoms with E-state index >= 15 is 0 Å². The van der Waals surface area contributed by atoms with E-state index in [1.165, 1.54) is 12.1 Å². The quantitative estimate of drug-likeness (QED) is 0.264. The first-order valence-corrected chi connectivity index (χ1v) is 13.6. The number of benzene rings is 2. The van der Waals surface area contributed by atoms with E-state index in [1.807, 2.05) is 13.8 Å². The van der Waals surface area contributed by atoms with Gasteiger partial charge in [-0.1, -0.05) is 19.6 Å². The summed E-state index contributed by atoms with van der Waals surface area (Å²) >= 11 is 0. The Labute approximate surface area is 233 Å². The molecule has 2 aromatic rings. The van der Waals surface area contributed by atoms with Crippen molar-refractivity contribution >= 4 is 27.5 Å². The average molecular weight is 613 g/mol. The Morgan fingerprint density at radius 1 is 1.07 bits per heavy atom. The largest absolute Gasteiger partial charge is 0.499 e. The van der Waals surface area contributed by atoms with E-state index in [0.717, 1.165) is 47.4 Å². The number of allylic oxidation sites excluding steroid dienone is 1. The summed E-state index contributed by atoms with van der Waals surface area (Å²) in [6.45, 7) is 9.29. The summed E-state index contributed by atoms with van der Waals surface area (Å²) < 4.78 is 120. The first-order valence-electron chi connectivity index (χ1n) is 12.2. The smallest absolute Gasteiger partial charge is 0.427 e.